The molecule has 106 valence electrons. The highest BCUT2D eigenvalue weighted by atomic mass is 79.9. The summed E-state index contributed by atoms with van der Waals surface area (Å²) in [5.41, 5.74) is 5.00. The second-order valence-corrected chi connectivity index (χ2v) is 6.77. The van der Waals surface area contributed by atoms with Gasteiger partial charge in [0.05, 0.1) is 5.69 Å². The topological polar surface area (TPSA) is 12.0 Å². The lowest BCUT2D eigenvalue weighted by Crippen LogP contribution is -2.08. The molecule has 1 nitrogen and oxygen atoms in total. The number of rotatable bonds is 4. The summed E-state index contributed by atoms with van der Waals surface area (Å²) in [6, 6.07) is 13.3. The zero-order valence-corrected chi connectivity index (χ0v) is 15.2. The number of aryl methyl sites for hydroxylation is 2. The molecule has 0 spiro atoms. The van der Waals surface area contributed by atoms with Crippen molar-refractivity contribution in [3.8, 4) is 0 Å². The lowest BCUT2D eigenvalue weighted by Gasteiger charge is -2.19. The molecule has 0 heterocycles. The van der Waals surface area contributed by atoms with E-state index in [2.05, 4.69) is 94.3 Å². The Kier molecular flexibility index (Phi) is 5.28. The highest BCUT2D eigenvalue weighted by Crippen LogP contribution is 2.34. The van der Waals surface area contributed by atoms with E-state index >= 15 is 0 Å². The maximum Gasteiger partial charge on any atom is 0.0633 e. The van der Waals surface area contributed by atoms with E-state index in [0.717, 1.165) is 21.1 Å². The van der Waals surface area contributed by atoms with Gasteiger partial charge in [-0.1, -0.05) is 31.2 Å². The molecule has 0 amide bonds. The minimum absolute atomic E-state index is 0.260. The molecule has 0 saturated carbocycles. The van der Waals surface area contributed by atoms with Crippen LogP contribution in [0, 0.1) is 6.92 Å². The number of hydrogen-bond donors (Lipinski definition) is 1. The van der Waals surface area contributed by atoms with Crippen molar-refractivity contribution in [3.05, 3.63) is 62.0 Å². The van der Waals surface area contributed by atoms with E-state index in [9.17, 15) is 0 Å². The Balaban J connectivity index is 2.20. The van der Waals surface area contributed by atoms with E-state index in [1.165, 1.54) is 16.7 Å². The zero-order valence-electron chi connectivity index (χ0n) is 12.0. The Morgan fingerprint density at radius 3 is 2.10 bits per heavy atom. The van der Waals surface area contributed by atoms with Gasteiger partial charge in [-0.05, 0) is 81.0 Å². The lowest BCUT2D eigenvalue weighted by atomic mass is 10.0. The minimum Gasteiger partial charge on any atom is -0.377 e. The van der Waals surface area contributed by atoms with Crippen LogP contribution in [0.4, 0.5) is 5.69 Å². The van der Waals surface area contributed by atoms with Gasteiger partial charge < -0.3 is 5.32 Å². The normalized spacial score (nSPS) is 12.2. The molecule has 0 saturated heterocycles. The van der Waals surface area contributed by atoms with Gasteiger partial charge in [0, 0.05) is 15.0 Å². The van der Waals surface area contributed by atoms with E-state index in [4.69, 9.17) is 0 Å². The van der Waals surface area contributed by atoms with E-state index in [0.29, 0.717) is 0 Å². The minimum atomic E-state index is 0.260. The lowest BCUT2D eigenvalue weighted by molar-refractivity contribution is 0.880. The van der Waals surface area contributed by atoms with Gasteiger partial charge in [-0.15, -0.1) is 0 Å². The van der Waals surface area contributed by atoms with Gasteiger partial charge in [0.25, 0.3) is 0 Å². The van der Waals surface area contributed by atoms with Gasteiger partial charge in [-0.2, -0.15) is 0 Å². The third-order valence-electron chi connectivity index (χ3n) is 3.44. The maximum absolute atomic E-state index is 3.63. The molecule has 0 aliphatic carbocycles. The monoisotopic (exact) mass is 395 g/mol. The van der Waals surface area contributed by atoms with Crippen molar-refractivity contribution in [2.75, 3.05) is 5.32 Å². The van der Waals surface area contributed by atoms with Gasteiger partial charge in [-0.3, -0.25) is 0 Å². The Labute approximate surface area is 138 Å². The second kappa shape index (κ2) is 6.77. The molecular formula is C17H19Br2N. The summed E-state index contributed by atoms with van der Waals surface area (Å²) in [6.07, 6.45) is 1.08. The molecule has 1 atom stereocenters. The molecule has 0 aliphatic rings. The van der Waals surface area contributed by atoms with E-state index in [1.807, 2.05) is 0 Å². The number of benzene rings is 2. The molecule has 2 aromatic carbocycles. The van der Waals surface area contributed by atoms with Crippen LogP contribution >= 0.6 is 31.9 Å². The quantitative estimate of drug-likeness (QED) is 0.643. The van der Waals surface area contributed by atoms with Crippen LogP contribution in [0.25, 0.3) is 0 Å². The van der Waals surface area contributed by atoms with Crippen molar-refractivity contribution in [3.63, 3.8) is 0 Å². The van der Waals surface area contributed by atoms with Crippen LogP contribution in [-0.4, -0.2) is 0 Å². The summed E-state index contributed by atoms with van der Waals surface area (Å²) in [7, 11) is 0. The third-order valence-corrected chi connectivity index (χ3v) is 4.69. The first-order valence-corrected chi connectivity index (χ1v) is 8.41. The van der Waals surface area contributed by atoms with E-state index < -0.39 is 0 Å². The molecule has 1 unspecified atom stereocenters. The Bertz CT molecular complexity index is 567. The van der Waals surface area contributed by atoms with E-state index in [-0.39, 0.29) is 6.04 Å². The van der Waals surface area contributed by atoms with Crippen molar-refractivity contribution in [1.82, 2.24) is 0 Å². The largest absolute Gasteiger partial charge is 0.377 e. The second-order valence-electron chi connectivity index (χ2n) is 5.06. The summed E-state index contributed by atoms with van der Waals surface area (Å²) in [5, 5.41) is 3.57. The number of nitrogens with one attached hydrogen (secondary N) is 1. The molecule has 2 rings (SSSR count). The first-order valence-electron chi connectivity index (χ1n) is 6.82. The molecule has 2 aromatic rings. The van der Waals surface area contributed by atoms with Crippen LogP contribution in [-0.2, 0) is 6.42 Å². The Morgan fingerprint density at radius 1 is 1.05 bits per heavy atom. The van der Waals surface area contributed by atoms with Crippen LogP contribution in [0.3, 0.4) is 0 Å². The van der Waals surface area contributed by atoms with Gasteiger partial charge in [0.15, 0.2) is 0 Å². The van der Waals surface area contributed by atoms with Gasteiger partial charge in [0.1, 0.15) is 0 Å². The van der Waals surface area contributed by atoms with Crippen LogP contribution in [0.1, 0.15) is 36.6 Å². The molecule has 0 aromatic heterocycles. The fraction of sp³-hybridized carbons (Fsp3) is 0.294. The van der Waals surface area contributed by atoms with Crippen LogP contribution in [0.5, 0.6) is 0 Å². The van der Waals surface area contributed by atoms with Crippen molar-refractivity contribution in [1.29, 1.82) is 0 Å². The number of anilines is 1. The first-order chi connectivity index (χ1) is 9.51. The highest BCUT2D eigenvalue weighted by Gasteiger charge is 2.11. The first kappa shape index (κ1) is 15.6. The fourth-order valence-electron chi connectivity index (χ4n) is 2.18. The summed E-state index contributed by atoms with van der Waals surface area (Å²) in [6.45, 7) is 6.45. The van der Waals surface area contributed by atoms with Crippen LogP contribution in [0.2, 0.25) is 0 Å². The van der Waals surface area contributed by atoms with Gasteiger partial charge in [0.2, 0.25) is 0 Å². The maximum atomic E-state index is 3.63. The number of hydrogen-bond acceptors (Lipinski definition) is 1. The Morgan fingerprint density at radius 2 is 1.60 bits per heavy atom. The smallest absolute Gasteiger partial charge is 0.0633 e. The van der Waals surface area contributed by atoms with Crippen molar-refractivity contribution < 1.29 is 0 Å². The van der Waals surface area contributed by atoms with Crippen molar-refractivity contribution in [2.45, 2.75) is 33.2 Å². The zero-order chi connectivity index (χ0) is 14.7. The van der Waals surface area contributed by atoms with Crippen molar-refractivity contribution in [2.24, 2.45) is 0 Å². The average Bonchev–Trinajstić information content (AvgIpc) is 2.42. The summed E-state index contributed by atoms with van der Waals surface area (Å²) in [4.78, 5) is 0. The Hall–Kier alpha value is -0.800. The molecule has 0 aliphatic heterocycles. The molecule has 0 fully saturated rings. The SMILES string of the molecule is CCc1ccc(C(C)Nc2c(Br)cc(C)cc2Br)cc1. The predicted octanol–water partition coefficient (Wildman–Crippen LogP) is 6.26. The van der Waals surface area contributed by atoms with Crippen molar-refractivity contribution >= 4 is 37.5 Å². The molecule has 20 heavy (non-hydrogen) atoms. The predicted molar refractivity (Wildman–Crippen MR) is 94.4 cm³/mol. The average molecular weight is 397 g/mol. The fourth-order valence-corrected chi connectivity index (χ4v) is 3.82. The van der Waals surface area contributed by atoms with E-state index in [1.54, 1.807) is 0 Å². The molecular weight excluding hydrogens is 378 g/mol. The standard InChI is InChI=1S/C17H19Br2N/c1-4-13-5-7-14(8-6-13)12(3)20-17-15(18)9-11(2)10-16(17)19/h5-10,12,20H,4H2,1-3H3. The summed E-state index contributed by atoms with van der Waals surface area (Å²) < 4.78 is 2.17. The van der Waals surface area contributed by atoms with Gasteiger partial charge in [-0.25, -0.2) is 0 Å². The van der Waals surface area contributed by atoms with Gasteiger partial charge >= 0.3 is 0 Å². The molecule has 3 heteroatoms. The summed E-state index contributed by atoms with van der Waals surface area (Å²) >= 11 is 7.26. The molecule has 1 N–H and O–H groups in total. The third kappa shape index (κ3) is 3.64. The summed E-state index contributed by atoms with van der Waals surface area (Å²) in [5.74, 6) is 0. The highest BCUT2D eigenvalue weighted by molar-refractivity contribution is 9.11. The number of halogens is 2. The van der Waals surface area contributed by atoms with Crippen LogP contribution in [0.15, 0.2) is 45.3 Å². The molecule has 0 bridgehead atoms. The molecule has 0 radical (unpaired) electrons. The van der Waals surface area contributed by atoms with Crippen LogP contribution < -0.4 is 5.32 Å².